The Morgan fingerprint density at radius 1 is 1.33 bits per heavy atom. The zero-order valence-electron chi connectivity index (χ0n) is 10.6. The first-order valence-electron chi connectivity index (χ1n) is 6.45. The Balaban J connectivity index is 1.84. The van der Waals surface area contributed by atoms with Crippen LogP contribution in [0.2, 0.25) is 0 Å². The predicted molar refractivity (Wildman–Crippen MR) is 73.8 cm³/mol. The maximum atomic E-state index is 11.9. The summed E-state index contributed by atoms with van der Waals surface area (Å²) in [5.41, 5.74) is 0.612. The molecule has 1 heterocycles. The van der Waals surface area contributed by atoms with Crippen molar-refractivity contribution < 1.29 is 14.4 Å². The van der Waals surface area contributed by atoms with E-state index in [0.29, 0.717) is 5.56 Å². The van der Waals surface area contributed by atoms with Crippen molar-refractivity contribution in [3.8, 4) is 0 Å². The number of hydrogen-bond acceptors (Lipinski definition) is 2. The molecular weight excluding hydrogens is 294 g/mol. The third kappa shape index (κ3) is 3.82. The van der Waals surface area contributed by atoms with E-state index >= 15 is 0 Å². The summed E-state index contributed by atoms with van der Waals surface area (Å²) in [7, 11) is 0. The van der Waals surface area contributed by atoms with Gasteiger partial charge in [-0.1, -0.05) is 15.9 Å². The van der Waals surface area contributed by atoms with Crippen LogP contribution in [0.1, 0.15) is 30.1 Å². The van der Waals surface area contributed by atoms with Gasteiger partial charge in [0, 0.05) is 17.3 Å². The molecule has 1 fully saturated rings. The fourth-order valence-corrected chi connectivity index (χ4v) is 2.63. The van der Waals surface area contributed by atoms with Crippen LogP contribution in [-0.2, 0) is 4.74 Å². The quantitative estimate of drug-likeness (QED) is 0.857. The molecule has 0 saturated carbocycles. The number of ether oxygens (including phenoxy) is 1. The molecule has 0 unspecified atom stereocenters. The third-order valence-corrected chi connectivity index (χ3v) is 3.80. The summed E-state index contributed by atoms with van der Waals surface area (Å²) in [6.45, 7) is 5.31. The van der Waals surface area contributed by atoms with Gasteiger partial charge in [0.15, 0.2) is 0 Å². The van der Waals surface area contributed by atoms with Gasteiger partial charge in [-0.25, -0.2) is 4.79 Å². The number of quaternary nitrogens is 1. The maximum Gasteiger partial charge on any atom is 0.338 e. The number of nitrogens with one attached hydrogen (secondary N) is 1. The summed E-state index contributed by atoms with van der Waals surface area (Å²) >= 11 is 3.35. The van der Waals surface area contributed by atoms with E-state index < -0.39 is 0 Å². The molecule has 1 saturated heterocycles. The summed E-state index contributed by atoms with van der Waals surface area (Å²) in [5, 5.41) is 0. The average molecular weight is 313 g/mol. The molecule has 0 aromatic heterocycles. The molecule has 18 heavy (non-hydrogen) atoms. The second-order valence-corrected chi connectivity index (χ2v) is 5.80. The number of hydrogen-bond donors (Lipinski definition) is 1. The molecular formula is C14H19BrNO2+. The summed E-state index contributed by atoms with van der Waals surface area (Å²) < 4.78 is 6.43. The topological polar surface area (TPSA) is 30.7 Å². The van der Waals surface area contributed by atoms with Gasteiger partial charge in [-0.3, -0.25) is 0 Å². The molecule has 1 aromatic rings. The van der Waals surface area contributed by atoms with Crippen molar-refractivity contribution in [1.29, 1.82) is 0 Å². The number of rotatable bonds is 4. The van der Waals surface area contributed by atoms with Crippen molar-refractivity contribution in [2.24, 2.45) is 0 Å². The van der Waals surface area contributed by atoms with Crippen molar-refractivity contribution in [2.75, 3.05) is 19.6 Å². The first-order valence-corrected chi connectivity index (χ1v) is 7.24. The van der Waals surface area contributed by atoms with Crippen LogP contribution in [0.5, 0.6) is 0 Å². The van der Waals surface area contributed by atoms with Gasteiger partial charge in [-0.2, -0.15) is 0 Å². The average Bonchev–Trinajstić information content (AvgIpc) is 2.82. The number of carbonyl (C=O) groups excluding carboxylic acids is 1. The number of benzene rings is 1. The van der Waals surface area contributed by atoms with Crippen molar-refractivity contribution in [1.82, 2.24) is 0 Å². The molecule has 1 aliphatic rings. The number of likely N-dealkylation sites (tertiary alicyclic amines) is 1. The molecule has 0 aliphatic carbocycles. The van der Waals surface area contributed by atoms with Gasteiger partial charge in [0.25, 0.3) is 0 Å². The molecule has 2 rings (SSSR count). The van der Waals surface area contributed by atoms with Crippen LogP contribution >= 0.6 is 15.9 Å². The van der Waals surface area contributed by atoms with Gasteiger partial charge in [-0.05, 0) is 31.2 Å². The van der Waals surface area contributed by atoms with E-state index in [2.05, 4.69) is 15.9 Å². The first kappa shape index (κ1) is 13.6. The van der Waals surface area contributed by atoms with Crippen molar-refractivity contribution in [3.63, 3.8) is 0 Å². The lowest BCUT2D eigenvalue weighted by molar-refractivity contribution is -0.890. The summed E-state index contributed by atoms with van der Waals surface area (Å²) in [4.78, 5) is 13.4. The van der Waals surface area contributed by atoms with Crippen LogP contribution in [0.4, 0.5) is 0 Å². The number of halogens is 1. The smallest absolute Gasteiger partial charge is 0.338 e. The molecule has 0 amide bonds. The van der Waals surface area contributed by atoms with Gasteiger partial charge in [0.1, 0.15) is 12.6 Å². The van der Waals surface area contributed by atoms with Gasteiger partial charge in [0.05, 0.1) is 18.7 Å². The largest absolute Gasteiger partial charge is 0.453 e. The zero-order chi connectivity index (χ0) is 13.0. The molecule has 1 N–H and O–H groups in total. The normalized spacial score (nSPS) is 17.7. The summed E-state index contributed by atoms with van der Waals surface area (Å²) in [6.07, 6.45) is 2.57. The lowest BCUT2D eigenvalue weighted by atomic mass is 10.2. The van der Waals surface area contributed by atoms with E-state index in [4.69, 9.17) is 4.74 Å². The van der Waals surface area contributed by atoms with Gasteiger partial charge >= 0.3 is 5.97 Å². The van der Waals surface area contributed by atoms with Crippen molar-refractivity contribution in [3.05, 3.63) is 34.3 Å². The highest BCUT2D eigenvalue weighted by Crippen LogP contribution is 2.11. The van der Waals surface area contributed by atoms with Gasteiger partial charge < -0.3 is 9.64 Å². The lowest BCUT2D eigenvalue weighted by Gasteiger charge is -2.18. The minimum absolute atomic E-state index is 0.0192. The molecule has 1 atom stereocenters. The van der Waals surface area contributed by atoms with Crippen molar-refractivity contribution in [2.45, 2.75) is 25.9 Å². The minimum Gasteiger partial charge on any atom is -0.453 e. The Hall–Kier alpha value is -0.870. The fourth-order valence-electron chi connectivity index (χ4n) is 2.36. The molecule has 0 spiro atoms. The van der Waals surface area contributed by atoms with E-state index in [0.717, 1.165) is 11.0 Å². The van der Waals surface area contributed by atoms with E-state index in [-0.39, 0.29) is 12.1 Å². The molecule has 0 bridgehead atoms. The SMILES string of the molecule is C[C@@H](C[NH+]1CCCC1)OC(=O)c1ccc(Br)cc1. The van der Waals surface area contributed by atoms with Crippen LogP contribution in [0, 0.1) is 0 Å². The number of esters is 1. The van der Waals surface area contributed by atoms with Crippen LogP contribution in [0.3, 0.4) is 0 Å². The van der Waals surface area contributed by atoms with E-state index in [1.54, 1.807) is 17.0 Å². The molecule has 1 aliphatic heterocycles. The van der Waals surface area contributed by atoms with Crippen molar-refractivity contribution >= 4 is 21.9 Å². The lowest BCUT2D eigenvalue weighted by Crippen LogP contribution is -3.11. The monoisotopic (exact) mass is 312 g/mol. The van der Waals surface area contributed by atoms with E-state index in [1.165, 1.54) is 25.9 Å². The maximum absolute atomic E-state index is 11.9. The fraction of sp³-hybridized carbons (Fsp3) is 0.500. The van der Waals surface area contributed by atoms with E-state index in [9.17, 15) is 4.79 Å². The molecule has 0 radical (unpaired) electrons. The molecule has 4 heteroatoms. The van der Waals surface area contributed by atoms with Crippen LogP contribution < -0.4 is 4.90 Å². The third-order valence-electron chi connectivity index (χ3n) is 3.27. The Labute approximate surface area is 116 Å². The van der Waals surface area contributed by atoms with Gasteiger partial charge in [0.2, 0.25) is 0 Å². The highest BCUT2D eigenvalue weighted by molar-refractivity contribution is 9.10. The number of carbonyl (C=O) groups is 1. The Bertz CT molecular complexity index is 399. The molecule has 3 nitrogen and oxygen atoms in total. The first-order chi connectivity index (χ1) is 8.65. The predicted octanol–water partition coefficient (Wildman–Crippen LogP) is 1.67. The molecule has 1 aromatic carbocycles. The summed E-state index contributed by atoms with van der Waals surface area (Å²) in [6, 6.07) is 7.27. The highest BCUT2D eigenvalue weighted by Gasteiger charge is 2.20. The Morgan fingerprint density at radius 2 is 1.94 bits per heavy atom. The summed E-state index contributed by atoms with van der Waals surface area (Å²) in [5.74, 6) is -0.228. The minimum atomic E-state index is -0.228. The van der Waals surface area contributed by atoms with Crippen LogP contribution in [0.15, 0.2) is 28.7 Å². The molecule has 98 valence electrons. The zero-order valence-corrected chi connectivity index (χ0v) is 12.2. The standard InChI is InChI=1S/C14H18BrNO2/c1-11(10-16-8-2-3-9-16)18-14(17)12-4-6-13(15)7-5-12/h4-7,11H,2-3,8-10H2,1H3/p+1/t11-/m0/s1. The van der Waals surface area contributed by atoms with Crippen LogP contribution in [-0.4, -0.2) is 31.7 Å². The Kier molecular flexibility index (Phi) is 4.78. The second kappa shape index (κ2) is 6.34. The second-order valence-electron chi connectivity index (χ2n) is 4.88. The van der Waals surface area contributed by atoms with E-state index in [1.807, 2.05) is 19.1 Å². The van der Waals surface area contributed by atoms with Gasteiger partial charge in [-0.15, -0.1) is 0 Å². The highest BCUT2D eigenvalue weighted by atomic mass is 79.9. The Morgan fingerprint density at radius 3 is 2.56 bits per heavy atom. The van der Waals surface area contributed by atoms with Crippen LogP contribution in [0.25, 0.3) is 0 Å².